The zero-order valence-electron chi connectivity index (χ0n) is 10.2. The highest BCUT2D eigenvalue weighted by Gasteiger charge is 2.05. The predicted molar refractivity (Wildman–Crippen MR) is 70.8 cm³/mol. The lowest BCUT2D eigenvalue weighted by molar-refractivity contribution is 0.352. The van der Waals surface area contributed by atoms with Crippen LogP contribution < -0.4 is 21.7 Å². The zero-order chi connectivity index (χ0) is 13.5. The molecule has 1 rings (SSSR count). The lowest BCUT2D eigenvalue weighted by Crippen LogP contribution is -2.23. The zero-order valence-corrected chi connectivity index (χ0v) is 10.2. The van der Waals surface area contributed by atoms with Gasteiger partial charge in [0.25, 0.3) is 0 Å². The van der Waals surface area contributed by atoms with E-state index in [1.807, 2.05) is 19.1 Å². The third kappa shape index (κ3) is 3.54. The molecule has 0 bridgehead atoms. The van der Waals surface area contributed by atoms with E-state index < -0.39 is 0 Å². The van der Waals surface area contributed by atoms with Gasteiger partial charge in [-0.15, -0.1) is 0 Å². The lowest BCUT2D eigenvalue weighted by Gasteiger charge is -2.09. The molecule has 5 nitrogen and oxygen atoms in total. The molecule has 0 radical (unpaired) electrons. The summed E-state index contributed by atoms with van der Waals surface area (Å²) in [4.78, 5) is 0. The van der Waals surface area contributed by atoms with Gasteiger partial charge in [-0.1, -0.05) is 18.7 Å². The summed E-state index contributed by atoms with van der Waals surface area (Å²) < 4.78 is 5.49. The van der Waals surface area contributed by atoms with Crippen molar-refractivity contribution >= 4 is 5.70 Å². The van der Waals surface area contributed by atoms with Crippen LogP contribution in [0, 0.1) is 11.3 Å². The van der Waals surface area contributed by atoms with E-state index in [0.717, 1.165) is 5.57 Å². The summed E-state index contributed by atoms with van der Waals surface area (Å²) in [5.74, 6) is 5.86. The van der Waals surface area contributed by atoms with Crippen molar-refractivity contribution in [2.24, 2.45) is 11.6 Å². The molecule has 0 unspecified atom stereocenters. The third-order valence-electron chi connectivity index (χ3n) is 2.16. The Kier molecular flexibility index (Phi) is 4.78. The largest absolute Gasteiger partial charge is 0.489 e. The van der Waals surface area contributed by atoms with Crippen LogP contribution >= 0.6 is 0 Å². The topological polar surface area (TPSA) is 97.1 Å². The molecule has 0 saturated carbocycles. The first kappa shape index (κ1) is 13.6. The Morgan fingerprint density at radius 3 is 2.83 bits per heavy atom. The Hall–Kier alpha value is -2.45. The van der Waals surface area contributed by atoms with Gasteiger partial charge in [0.05, 0.1) is 5.70 Å². The van der Waals surface area contributed by atoms with Crippen LogP contribution in [0.2, 0.25) is 0 Å². The second-order valence-electron chi connectivity index (χ2n) is 3.82. The van der Waals surface area contributed by atoms with Crippen molar-refractivity contribution in [2.45, 2.75) is 6.92 Å². The molecule has 0 aliphatic heterocycles. The first-order valence-electron chi connectivity index (χ1n) is 5.32. The van der Waals surface area contributed by atoms with Gasteiger partial charge in [-0.3, -0.25) is 0 Å². The number of hydrogen-bond acceptors (Lipinski definition) is 5. The minimum atomic E-state index is 0.118. The fraction of sp³-hybridized carbons (Fsp3) is 0.154. The van der Waals surface area contributed by atoms with Crippen LogP contribution in [0.25, 0.3) is 5.70 Å². The SMILES string of the molecule is C=C(C)COc1cccc(/C(N)=C(\C#N)NN)c1. The van der Waals surface area contributed by atoms with Crippen LogP contribution in [0.1, 0.15) is 12.5 Å². The molecule has 18 heavy (non-hydrogen) atoms. The van der Waals surface area contributed by atoms with Crippen molar-refractivity contribution in [1.29, 1.82) is 5.26 Å². The molecule has 0 spiro atoms. The van der Waals surface area contributed by atoms with Crippen LogP contribution in [0.4, 0.5) is 0 Å². The van der Waals surface area contributed by atoms with Gasteiger partial charge in [0, 0.05) is 5.56 Å². The molecule has 0 aliphatic carbocycles. The maximum absolute atomic E-state index is 8.83. The van der Waals surface area contributed by atoms with Crippen molar-refractivity contribution in [3.63, 3.8) is 0 Å². The molecule has 5 heteroatoms. The number of ether oxygens (including phenoxy) is 1. The third-order valence-corrected chi connectivity index (χ3v) is 2.16. The molecule has 5 N–H and O–H groups in total. The molecule has 1 aromatic carbocycles. The van der Waals surface area contributed by atoms with Crippen molar-refractivity contribution in [3.8, 4) is 11.8 Å². The van der Waals surface area contributed by atoms with Crippen LogP contribution in [0.5, 0.6) is 5.75 Å². The molecular formula is C13H16N4O. The minimum absolute atomic E-state index is 0.118. The van der Waals surface area contributed by atoms with Crippen LogP contribution in [-0.2, 0) is 0 Å². The molecule has 0 heterocycles. The van der Waals surface area contributed by atoms with E-state index in [9.17, 15) is 0 Å². The molecule has 0 fully saturated rings. The summed E-state index contributed by atoms with van der Waals surface area (Å²) in [7, 11) is 0. The highest BCUT2D eigenvalue weighted by molar-refractivity contribution is 5.69. The Morgan fingerprint density at radius 1 is 1.56 bits per heavy atom. The van der Waals surface area contributed by atoms with Gasteiger partial charge in [0.2, 0.25) is 0 Å². The number of hydrogen-bond donors (Lipinski definition) is 3. The van der Waals surface area contributed by atoms with E-state index in [-0.39, 0.29) is 11.4 Å². The summed E-state index contributed by atoms with van der Waals surface area (Å²) in [6.07, 6.45) is 0. The van der Waals surface area contributed by atoms with Gasteiger partial charge >= 0.3 is 0 Å². The second-order valence-corrected chi connectivity index (χ2v) is 3.82. The second kappa shape index (κ2) is 6.33. The molecule has 0 amide bonds. The summed E-state index contributed by atoms with van der Waals surface area (Å²) in [6.45, 7) is 6.07. The highest BCUT2D eigenvalue weighted by atomic mass is 16.5. The van der Waals surface area contributed by atoms with Gasteiger partial charge in [-0.2, -0.15) is 5.26 Å². The highest BCUT2D eigenvalue weighted by Crippen LogP contribution is 2.19. The molecular weight excluding hydrogens is 228 g/mol. The fourth-order valence-corrected chi connectivity index (χ4v) is 1.27. The monoisotopic (exact) mass is 244 g/mol. The Bertz CT molecular complexity index is 514. The van der Waals surface area contributed by atoms with E-state index >= 15 is 0 Å². The van der Waals surface area contributed by atoms with Gasteiger partial charge in [0.15, 0.2) is 5.70 Å². The minimum Gasteiger partial charge on any atom is -0.489 e. The van der Waals surface area contributed by atoms with Crippen molar-refractivity contribution in [1.82, 2.24) is 5.43 Å². The van der Waals surface area contributed by atoms with Gasteiger partial charge in [-0.25, -0.2) is 5.84 Å². The Morgan fingerprint density at radius 2 is 2.28 bits per heavy atom. The van der Waals surface area contributed by atoms with Crippen LogP contribution in [0.15, 0.2) is 42.1 Å². The molecule has 0 aromatic heterocycles. The summed E-state index contributed by atoms with van der Waals surface area (Å²) >= 11 is 0. The van der Waals surface area contributed by atoms with Crippen LogP contribution in [-0.4, -0.2) is 6.61 Å². The number of nitrogens with zero attached hydrogens (tertiary/aromatic N) is 1. The maximum atomic E-state index is 8.83. The molecule has 94 valence electrons. The quantitative estimate of drug-likeness (QED) is 0.313. The molecule has 1 aromatic rings. The van der Waals surface area contributed by atoms with Crippen molar-refractivity contribution in [3.05, 3.63) is 47.7 Å². The number of nitrogens with one attached hydrogen (secondary N) is 1. The van der Waals surface area contributed by atoms with Crippen LogP contribution in [0.3, 0.4) is 0 Å². The van der Waals surface area contributed by atoms with E-state index in [1.54, 1.807) is 18.2 Å². The Balaban J connectivity index is 2.99. The van der Waals surface area contributed by atoms with E-state index in [0.29, 0.717) is 17.9 Å². The number of nitriles is 1. The summed E-state index contributed by atoms with van der Waals surface area (Å²) in [6, 6.07) is 9.00. The first-order chi connectivity index (χ1) is 8.58. The smallest absolute Gasteiger partial charge is 0.151 e. The molecule has 0 atom stereocenters. The molecule has 0 aliphatic rings. The molecule has 0 saturated heterocycles. The van der Waals surface area contributed by atoms with Gasteiger partial charge in [-0.05, 0) is 24.6 Å². The number of nitrogens with two attached hydrogens (primary N) is 2. The summed E-state index contributed by atoms with van der Waals surface area (Å²) in [5.41, 5.74) is 10.1. The number of rotatable bonds is 5. The number of allylic oxidation sites excluding steroid dienone is 1. The van der Waals surface area contributed by atoms with Crippen molar-refractivity contribution in [2.75, 3.05) is 6.61 Å². The van der Waals surface area contributed by atoms with Gasteiger partial charge < -0.3 is 15.9 Å². The first-order valence-corrected chi connectivity index (χ1v) is 5.32. The van der Waals surface area contributed by atoms with E-state index in [2.05, 4.69) is 12.0 Å². The average molecular weight is 244 g/mol. The predicted octanol–water partition coefficient (Wildman–Crippen LogP) is 1.26. The van der Waals surface area contributed by atoms with E-state index in [4.69, 9.17) is 21.6 Å². The average Bonchev–Trinajstić information content (AvgIpc) is 2.38. The standard InChI is InChI=1S/C13H16N4O/c1-9(2)8-18-11-5-3-4-10(6-11)13(15)12(7-14)17-16/h3-6,17H,1,8,15-16H2,2H3/b13-12-. The summed E-state index contributed by atoms with van der Waals surface area (Å²) in [5, 5.41) is 8.83. The van der Waals surface area contributed by atoms with Gasteiger partial charge in [0.1, 0.15) is 18.4 Å². The van der Waals surface area contributed by atoms with E-state index in [1.165, 1.54) is 0 Å². The number of benzene rings is 1. The number of hydrazine groups is 1. The normalized spacial score (nSPS) is 11.2. The lowest BCUT2D eigenvalue weighted by atomic mass is 10.1. The van der Waals surface area contributed by atoms with Crippen molar-refractivity contribution < 1.29 is 4.74 Å². The fourth-order valence-electron chi connectivity index (χ4n) is 1.27. The Labute approximate surface area is 106 Å². The maximum Gasteiger partial charge on any atom is 0.151 e.